The zero-order chi connectivity index (χ0) is 17.3. The van der Waals surface area contributed by atoms with Gasteiger partial charge in [0.2, 0.25) is 5.91 Å². The summed E-state index contributed by atoms with van der Waals surface area (Å²) in [5, 5.41) is 4.18. The summed E-state index contributed by atoms with van der Waals surface area (Å²) in [4.78, 5) is 28.7. The fourth-order valence-corrected chi connectivity index (χ4v) is 3.59. The van der Waals surface area contributed by atoms with Crippen LogP contribution in [0.15, 0.2) is 12.4 Å². The molecule has 7 heteroatoms. The molecule has 2 aliphatic heterocycles. The molecule has 1 atom stereocenters. The largest absolute Gasteiger partial charge is 0.371 e. The molecule has 0 radical (unpaired) electrons. The Balaban J connectivity index is 1.73. The quantitative estimate of drug-likeness (QED) is 0.827. The van der Waals surface area contributed by atoms with E-state index < -0.39 is 0 Å². The molecule has 1 aromatic rings. The lowest BCUT2D eigenvalue weighted by molar-refractivity contribution is -0.135. The van der Waals surface area contributed by atoms with Crippen molar-refractivity contribution < 1.29 is 14.3 Å². The van der Waals surface area contributed by atoms with Crippen LogP contribution in [0.3, 0.4) is 0 Å². The first kappa shape index (κ1) is 17.0. The fourth-order valence-electron chi connectivity index (χ4n) is 3.59. The summed E-state index contributed by atoms with van der Waals surface area (Å²) in [6, 6.07) is 0.142. The van der Waals surface area contributed by atoms with Crippen molar-refractivity contribution in [3.05, 3.63) is 18.0 Å². The van der Waals surface area contributed by atoms with Gasteiger partial charge in [-0.3, -0.25) is 14.3 Å². The van der Waals surface area contributed by atoms with E-state index in [0.29, 0.717) is 31.8 Å². The molecular formula is C17H26N4O3. The zero-order valence-electron chi connectivity index (χ0n) is 14.7. The Labute approximate surface area is 142 Å². The SMILES string of the molecule is CCn1cc(C(=O)N2CCC3(COCC(=O)N(C(C)C)C3)C2)cn1. The van der Waals surface area contributed by atoms with Crippen molar-refractivity contribution >= 4 is 11.8 Å². The van der Waals surface area contributed by atoms with E-state index in [2.05, 4.69) is 5.10 Å². The van der Waals surface area contributed by atoms with Gasteiger partial charge in [-0.2, -0.15) is 5.10 Å². The summed E-state index contributed by atoms with van der Waals surface area (Å²) in [5.41, 5.74) is 0.465. The molecule has 2 aliphatic rings. The van der Waals surface area contributed by atoms with E-state index in [1.54, 1.807) is 17.1 Å². The lowest BCUT2D eigenvalue weighted by Gasteiger charge is -2.34. The maximum Gasteiger partial charge on any atom is 0.257 e. The molecule has 24 heavy (non-hydrogen) atoms. The van der Waals surface area contributed by atoms with Crippen LogP contribution < -0.4 is 0 Å². The molecule has 0 bridgehead atoms. The molecule has 1 unspecified atom stereocenters. The highest BCUT2D eigenvalue weighted by molar-refractivity contribution is 5.94. The number of hydrogen-bond acceptors (Lipinski definition) is 4. The van der Waals surface area contributed by atoms with Gasteiger partial charge >= 0.3 is 0 Å². The second kappa shape index (κ2) is 6.55. The molecule has 3 rings (SSSR count). The molecule has 2 fully saturated rings. The normalized spacial score (nSPS) is 24.9. The number of likely N-dealkylation sites (tertiary alicyclic amines) is 1. The summed E-state index contributed by atoms with van der Waals surface area (Å²) >= 11 is 0. The molecule has 2 amide bonds. The van der Waals surface area contributed by atoms with Crippen LogP contribution in [-0.2, 0) is 16.1 Å². The Hall–Kier alpha value is -1.89. The van der Waals surface area contributed by atoms with Gasteiger partial charge in [0.25, 0.3) is 5.91 Å². The molecule has 2 saturated heterocycles. The van der Waals surface area contributed by atoms with Crippen LogP contribution in [0.25, 0.3) is 0 Å². The summed E-state index contributed by atoms with van der Waals surface area (Å²) in [7, 11) is 0. The van der Waals surface area contributed by atoms with Crippen LogP contribution in [0, 0.1) is 5.41 Å². The van der Waals surface area contributed by atoms with E-state index in [1.807, 2.05) is 30.6 Å². The van der Waals surface area contributed by atoms with Crippen LogP contribution in [0.5, 0.6) is 0 Å². The van der Waals surface area contributed by atoms with Gasteiger partial charge in [-0.25, -0.2) is 0 Å². The number of rotatable bonds is 3. The first-order chi connectivity index (χ1) is 11.4. The third-order valence-corrected chi connectivity index (χ3v) is 5.01. The number of amides is 2. The minimum absolute atomic E-state index is 0.0123. The van der Waals surface area contributed by atoms with E-state index in [9.17, 15) is 9.59 Å². The smallest absolute Gasteiger partial charge is 0.257 e. The first-order valence-electron chi connectivity index (χ1n) is 8.63. The molecular weight excluding hydrogens is 308 g/mol. The molecule has 1 aromatic heterocycles. The van der Waals surface area contributed by atoms with E-state index in [0.717, 1.165) is 13.0 Å². The number of ether oxygens (including phenoxy) is 1. The molecule has 0 aromatic carbocycles. The molecule has 0 aliphatic carbocycles. The van der Waals surface area contributed by atoms with Gasteiger partial charge in [0.05, 0.1) is 18.4 Å². The van der Waals surface area contributed by atoms with Crippen LogP contribution >= 0.6 is 0 Å². The molecule has 132 valence electrons. The van der Waals surface area contributed by atoms with Crippen molar-refractivity contribution in [1.29, 1.82) is 0 Å². The van der Waals surface area contributed by atoms with E-state index >= 15 is 0 Å². The maximum atomic E-state index is 12.7. The fraction of sp³-hybridized carbons (Fsp3) is 0.706. The third kappa shape index (κ3) is 3.17. The van der Waals surface area contributed by atoms with Crippen molar-refractivity contribution in [2.75, 3.05) is 32.8 Å². The number of aryl methyl sites for hydroxylation is 1. The van der Waals surface area contributed by atoms with E-state index in [-0.39, 0.29) is 29.9 Å². The van der Waals surface area contributed by atoms with Gasteiger partial charge in [-0.15, -0.1) is 0 Å². The number of carbonyl (C=O) groups is 2. The Morgan fingerprint density at radius 3 is 2.88 bits per heavy atom. The van der Waals surface area contributed by atoms with Crippen LogP contribution in [-0.4, -0.2) is 70.3 Å². The summed E-state index contributed by atoms with van der Waals surface area (Å²) in [6.45, 7) is 9.42. The molecule has 3 heterocycles. The standard InChI is InChI=1S/C17H26N4O3/c1-4-20-8-14(7-18-20)16(23)19-6-5-17(10-19)11-21(13(2)3)15(22)9-24-12-17/h7-8,13H,4-6,9-12H2,1-3H3. The summed E-state index contributed by atoms with van der Waals surface area (Å²) in [6.07, 6.45) is 4.28. The zero-order valence-corrected chi connectivity index (χ0v) is 14.7. The lowest BCUT2D eigenvalue weighted by Crippen LogP contribution is -2.46. The molecule has 7 nitrogen and oxygen atoms in total. The monoisotopic (exact) mass is 334 g/mol. The Morgan fingerprint density at radius 1 is 1.42 bits per heavy atom. The highest BCUT2D eigenvalue weighted by atomic mass is 16.5. The van der Waals surface area contributed by atoms with E-state index in [1.165, 1.54) is 0 Å². The second-order valence-electron chi connectivity index (χ2n) is 7.17. The average molecular weight is 334 g/mol. The Bertz CT molecular complexity index is 627. The Kier molecular flexibility index (Phi) is 4.62. The van der Waals surface area contributed by atoms with Crippen molar-refractivity contribution in [1.82, 2.24) is 19.6 Å². The first-order valence-corrected chi connectivity index (χ1v) is 8.63. The topological polar surface area (TPSA) is 67.7 Å². The van der Waals surface area contributed by atoms with Crippen LogP contribution in [0.2, 0.25) is 0 Å². The predicted octanol–water partition coefficient (Wildman–Crippen LogP) is 1.00. The highest BCUT2D eigenvalue weighted by Crippen LogP contribution is 2.34. The van der Waals surface area contributed by atoms with Crippen molar-refractivity contribution in [2.24, 2.45) is 5.41 Å². The number of aromatic nitrogens is 2. The van der Waals surface area contributed by atoms with Crippen LogP contribution in [0.1, 0.15) is 37.6 Å². The second-order valence-corrected chi connectivity index (χ2v) is 7.17. The van der Waals surface area contributed by atoms with Gasteiger partial charge in [-0.1, -0.05) is 0 Å². The molecule has 1 spiro atoms. The molecule has 0 N–H and O–H groups in total. The number of hydrogen-bond donors (Lipinski definition) is 0. The predicted molar refractivity (Wildman–Crippen MR) is 88.5 cm³/mol. The van der Waals surface area contributed by atoms with Gasteiger partial charge in [0, 0.05) is 43.8 Å². The minimum Gasteiger partial charge on any atom is -0.371 e. The van der Waals surface area contributed by atoms with Gasteiger partial charge < -0.3 is 14.5 Å². The number of carbonyl (C=O) groups excluding carboxylic acids is 2. The average Bonchev–Trinajstić information content (AvgIpc) is 3.15. The minimum atomic E-state index is -0.160. The van der Waals surface area contributed by atoms with Gasteiger partial charge in [-0.05, 0) is 27.2 Å². The van der Waals surface area contributed by atoms with Crippen molar-refractivity contribution in [2.45, 2.75) is 39.8 Å². The highest BCUT2D eigenvalue weighted by Gasteiger charge is 2.44. The van der Waals surface area contributed by atoms with Crippen molar-refractivity contribution in [3.63, 3.8) is 0 Å². The third-order valence-electron chi connectivity index (χ3n) is 5.01. The van der Waals surface area contributed by atoms with Gasteiger partial charge in [0.15, 0.2) is 0 Å². The van der Waals surface area contributed by atoms with Crippen LogP contribution in [0.4, 0.5) is 0 Å². The number of nitrogens with zero attached hydrogens (tertiary/aromatic N) is 4. The van der Waals surface area contributed by atoms with E-state index in [4.69, 9.17) is 4.74 Å². The lowest BCUT2D eigenvalue weighted by atomic mass is 9.87. The summed E-state index contributed by atoms with van der Waals surface area (Å²) < 4.78 is 7.39. The van der Waals surface area contributed by atoms with Crippen molar-refractivity contribution in [3.8, 4) is 0 Å². The summed E-state index contributed by atoms with van der Waals surface area (Å²) in [5.74, 6) is 0.0501. The maximum absolute atomic E-state index is 12.7. The Morgan fingerprint density at radius 2 is 2.21 bits per heavy atom. The van der Waals surface area contributed by atoms with Gasteiger partial charge in [0.1, 0.15) is 6.61 Å². The molecule has 0 saturated carbocycles.